The Hall–Kier alpha value is -0.550. The number of nitrogens with zero attached hydrogens (tertiary/aromatic N) is 1. The minimum Gasteiger partial charge on any atom is -0.393 e. The molecule has 4 aliphatic rings. The Morgan fingerprint density at radius 2 is 1.70 bits per heavy atom. The van der Waals surface area contributed by atoms with Crippen LogP contribution in [-0.2, 0) is 0 Å². The summed E-state index contributed by atoms with van der Waals surface area (Å²) >= 11 is 0. The zero-order valence-electron chi connectivity index (χ0n) is 14.9. The first-order valence-electron chi connectivity index (χ1n) is 10.0. The second-order valence-electron chi connectivity index (χ2n) is 9.77. The van der Waals surface area contributed by atoms with Crippen LogP contribution < -0.4 is 0 Å². The molecule has 0 aromatic heterocycles. The Morgan fingerprint density at radius 1 is 0.957 bits per heavy atom. The van der Waals surface area contributed by atoms with E-state index in [1.165, 1.54) is 44.9 Å². The van der Waals surface area contributed by atoms with E-state index in [4.69, 9.17) is 0 Å². The van der Waals surface area contributed by atoms with Gasteiger partial charge in [-0.15, -0.1) is 0 Å². The Bertz CT molecular complexity index is 510. The van der Waals surface area contributed by atoms with Crippen molar-refractivity contribution >= 4 is 0 Å². The van der Waals surface area contributed by atoms with Gasteiger partial charge in [-0.1, -0.05) is 13.8 Å². The van der Waals surface area contributed by atoms with Crippen molar-refractivity contribution in [1.29, 1.82) is 5.26 Å². The fraction of sp³-hybridized carbons (Fsp3) is 0.952. The van der Waals surface area contributed by atoms with Gasteiger partial charge in [0.15, 0.2) is 0 Å². The SMILES string of the molecule is C[C@]12CC[C@H]3[C@@H](CCC4CC(O)CC[C@@]43C)[C@@H]1CC[C@@H]2CC#N. The highest BCUT2D eigenvalue weighted by Crippen LogP contribution is 2.67. The smallest absolute Gasteiger partial charge is 0.0624 e. The summed E-state index contributed by atoms with van der Waals surface area (Å²) in [6.07, 6.45) is 12.2. The van der Waals surface area contributed by atoms with Crippen LogP contribution in [0.3, 0.4) is 0 Å². The zero-order chi connectivity index (χ0) is 16.2. The van der Waals surface area contributed by atoms with Crippen LogP contribution in [-0.4, -0.2) is 11.2 Å². The summed E-state index contributed by atoms with van der Waals surface area (Å²) in [6.45, 7) is 5.08. The van der Waals surface area contributed by atoms with Crippen molar-refractivity contribution < 1.29 is 5.11 Å². The molecule has 0 bridgehead atoms. The lowest BCUT2D eigenvalue weighted by Gasteiger charge is -2.61. The molecule has 1 N–H and O–H groups in total. The maximum absolute atomic E-state index is 10.1. The fourth-order valence-electron chi connectivity index (χ4n) is 7.79. The van der Waals surface area contributed by atoms with E-state index in [0.29, 0.717) is 16.7 Å². The van der Waals surface area contributed by atoms with Crippen LogP contribution >= 0.6 is 0 Å². The molecule has 4 aliphatic carbocycles. The van der Waals surface area contributed by atoms with E-state index >= 15 is 0 Å². The lowest BCUT2D eigenvalue weighted by Crippen LogP contribution is -2.53. The first-order chi connectivity index (χ1) is 11.0. The minimum atomic E-state index is -0.0371. The highest BCUT2D eigenvalue weighted by molar-refractivity contribution is 5.09. The lowest BCUT2D eigenvalue weighted by molar-refractivity contribution is -0.126. The quantitative estimate of drug-likeness (QED) is 0.746. The molecule has 128 valence electrons. The lowest BCUT2D eigenvalue weighted by atomic mass is 9.44. The van der Waals surface area contributed by atoms with Gasteiger partial charge in [0.2, 0.25) is 0 Å². The highest BCUT2D eigenvalue weighted by atomic mass is 16.3. The molecule has 4 fully saturated rings. The van der Waals surface area contributed by atoms with Gasteiger partial charge in [-0.3, -0.25) is 0 Å². The van der Waals surface area contributed by atoms with Crippen LogP contribution in [0.25, 0.3) is 0 Å². The van der Waals surface area contributed by atoms with Gasteiger partial charge < -0.3 is 5.11 Å². The maximum atomic E-state index is 10.1. The highest BCUT2D eigenvalue weighted by Gasteiger charge is 2.59. The molecule has 2 nitrogen and oxygen atoms in total. The van der Waals surface area contributed by atoms with Gasteiger partial charge in [0.1, 0.15) is 0 Å². The van der Waals surface area contributed by atoms with Crippen LogP contribution in [0.2, 0.25) is 0 Å². The summed E-state index contributed by atoms with van der Waals surface area (Å²) in [4.78, 5) is 0. The van der Waals surface area contributed by atoms with Gasteiger partial charge in [-0.2, -0.15) is 5.26 Å². The number of aliphatic hydroxyl groups excluding tert-OH is 1. The van der Waals surface area contributed by atoms with Crippen molar-refractivity contribution in [3.63, 3.8) is 0 Å². The molecular weight excluding hydrogens is 282 g/mol. The number of nitriles is 1. The molecule has 0 saturated heterocycles. The van der Waals surface area contributed by atoms with Crippen molar-refractivity contribution in [1.82, 2.24) is 0 Å². The molecule has 0 spiro atoms. The van der Waals surface area contributed by atoms with Crippen molar-refractivity contribution in [3.8, 4) is 6.07 Å². The van der Waals surface area contributed by atoms with E-state index < -0.39 is 0 Å². The first kappa shape index (κ1) is 15.9. The number of fused-ring (bicyclic) bond motifs is 5. The number of rotatable bonds is 1. The normalized spacial score (nSPS) is 55.4. The summed E-state index contributed by atoms with van der Waals surface area (Å²) in [7, 11) is 0. The minimum absolute atomic E-state index is 0.0371. The predicted octanol–water partition coefficient (Wildman–Crippen LogP) is 4.92. The van der Waals surface area contributed by atoms with Crippen LogP contribution in [0.1, 0.15) is 78.1 Å². The Balaban J connectivity index is 1.59. The van der Waals surface area contributed by atoms with Crippen LogP contribution in [0.5, 0.6) is 0 Å². The third kappa shape index (κ3) is 2.22. The van der Waals surface area contributed by atoms with E-state index in [1.807, 2.05) is 0 Å². The van der Waals surface area contributed by atoms with Crippen molar-refractivity contribution in [3.05, 3.63) is 0 Å². The Kier molecular flexibility index (Phi) is 3.80. The molecule has 23 heavy (non-hydrogen) atoms. The molecule has 0 aliphatic heterocycles. The molecular formula is C21H33NO. The molecule has 2 unspecified atom stereocenters. The number of hydrogen-bond acceptors (Lipinski definition) is 2. The molecule has 4 rings (SSSR count). The summed E-state index contributed by atoms with van der Waals surface area (Å²) < 4.78 is 0. The zero-order valence-corrected chi connectivity index (χ0v) is 14.9. The van der Waals surface area contributed by atoms with E-state index in [9.17, 15) is 10.4 Å². The van der Waals surface area contributed by atoms with Crippen LogP contribution in [0, 0.1) is 51.8 Å². The van der Waals surface area contributed by atoms with Crippen molar-refractivity contribution in [2.24, 2.45) is 40.4 Å². The molecule has 2 heteroatoms. The molecule has 0 aromatic rings. The first-order valence-corrected chi connectivity index (χ1v) is 10.0. The maximum Gasteiger partial charge on any atom is 0.0624 e. The summed E-state index contributed by atoms with van der Waals surface area (Å²) in [5.41, 5.74) is 0.922. The molecule has 0 radical (unpaired) electrons. The molecule has 0 heterocycles. The van der Waals surface area contributed by atoms with Crippen LogP contribution in [0.15, 0.2) is 0 Å². The molecule has 8 atom stereocenters. The van der Waals surface area contributed by atoms with Gasteiger partial charge in [-0.25, -0.2) is 0 Å². The Morgan fingerprint density at radius 3 is 2.48 bits per heavy atom. The monoisotopic (exact) mass is 315 g/mol. The van der Waals surface area contributed by atoms with Gasteiger partial charge in [0, 0.05) is 6.42 Å². The van der Waals surface area contributed by atoms with Gasteiger partial charge in [-0.05, 0) is 98.2 Å². The summed E-state index contributed by atoms with van der Waals surface area (Å²) in [6, 6.07) is 2.47. The second kappa shape index (κ2) is 5.48. The van der Waals surface area contributed by atoms with Crippen molar-refractivity contribution in [2.75, 3.05) is 0 Å². The van der Waals surface area contributed by atoms with E-state index in [1.54, 1.807) is 0 Å². The third-order valence-corrected chi connectivity index (χ3v) is 9.17. The average molecular weight is 316 g/mol. The summed E-state index contributed by atoms with van der Waals surface area (Å²) in [5, 5.41) is 19.3. The van der Waals surface area contributed by atoms with Gasteiger partial charge >= 0.3 is 0 Å². The van der Waals surface area contributed by atoms with E-state index in [0.717, 1.165) is 42.9 Å². The fourth-order valence-corrected chi connectivity index (χ4v) is 7.79. The van der Waals surface area contributed by atoms with E-state index in [-0.39, 0.29) is 6.10 Å². The molecule has 0 aromatic carbocycles. The van der Waals surface area contributed by atoms with Gasteiger partial charge in [0.05, 0.1) is 12.2 Å². The summed E-state index contributed by atoms with van der Waals surface area (Å²) in [5.74, 6) is 4.05. The second-order valence-corrected chi connectivity index (χ2v) is 9.77. The molecule has 0 amide bonds. The third-order valence-electron chi connectivity index (χ3n) is 9.17. The van der Waals surface area contributed by atoms with Gasteiger partial charge in [0.25, 0.3) is 0 Å². The topological polar surface area (TPSA) is 44.0 Å². The Labute approximate surface area is 141 Å². The number of aliphatic hydroxyl groups is 1. The number of hydrogen-bond donors (Lipinski definition) is 1. The predicted molar refractivity (Wildman–Crippen MR) is 91.5 cm³/mol. The average Bonchev–Trinajstić information content (AvgIpc) is 2.85. The largest absolute Gasteiger partial charge is 0.393 e. The molecule has 4 saturated carbocycles. The van der Waals surface area contributed by atoms with Crippen molar-refractivity contribution in [2.45, 2.75) is 84.2 Å². The standard InChI is InChI=1S/C21H33NO/c1-20-11-8-19-17(18(20)6-4-14(20)9-12-22)5-3-15-13-16(23)7-10-21(15,19)2/h14-19,23H,3-11,13H2,1-2H3/t14-,15?,16?,17+,18+,19+,20-,21+/m1/s1. The van der Waals surface area contributed by atoms with E-state index in [2.05, 4.69) is 19.9 Å². The van der Waals surface area contributed by atoms with Crippen LogP contribution in [0.4, 0.5) is 0 Å².